The maximum Gasteiger partial charge on any atom is 0.153 e. The monoisotopic (exact) mass is 204 g/mol. The number of sulfone groups is 1. The summed E-state index contributed by atoms with van der Waals surface area (Å²) < 4.78 is 23.0. The van der Waals surface area contributed by atoms with Crippen molar-refractivity contribution in [3.8, 4) is 0 Å². The van der Waals surface area contributed by atoms with E-state index in [1.807, 2.05) is 0 Å². The highest BCUT2D eigenvalue weighted by Gasteiger charge is 2.34. The van der Waals surface area contributed by atoms with Crippen LogP contribution in [0.2, 0.25) is 0 Å². The predicted octanol–water partition coefficient (Wildman–Crippen LogP) is 0.748. The van der Waals surface area contributed by atoms with E-state index >= 15 is 0 Å². The van der Waals surface area contributed by atoms with Crippen molar-refractivity contribution in [2.75, 3.05) is 12.4 Å². The average molecular weight is 204 g/mol. The third-order valence-electron chi connectivity index (χ3n) is 2.75. The zero-order valence-corrected chi connectivity index (χ0v) is 8.68. The zero-order valence-electron chi connectivity index (χ0n) is 7.86. The summed E-state index contributed by atoms with van der Waals surface area (Å²) >= 11 is 0. The molecule has 0 amide bonds. The summed E-state index contributed by atoms with van der Waals surface area (Å²) in [5, 5.41) is 8.63. The standard InChI is InChI=1S/C9H16O3S/c1-3-13(11,12)9-4-7(2)8(5-9)6-10/h8-10H,2-6H2,1H3/t8-,9+/m0/s1. The molecule has 4 heteroatoms. The molecule has 0 aromatic rings. The second-order valence-corrected chi connectivity index (χ2v) is 6.12. The van der Waals surface area contributed by atoms with Crippen molar-refractivity contribution in [2.24, 2.45) is 5.92 Å². The summed E-state index contributed by atoms with van der Waals surface area (Å²) in [4.78, 5) is 0. The predicted molar refractivity (Wildman–Crippen MR) is 52.2 cm³/mol. The topological polar surface area (TPSA) is 54.4 Å². The summed E-state index contributed by atoms with van der Waals surface area (Å²) in [6.07, 6.45) is 1.08. The minimum atomic E-state index is -2.95. The van der Waals surface area contributed by atoms with Crippen LogP contribution < -0.4 is 0 Å². The molecule has 2 atom stereocenters. The minimum absolute atomic E-state index is 0.00803. The molecule has 0 aromatic heterocycles. The lowest BCUT2D eigenvalue weighted by Gasteiger charge is -2.08. The van der Waals surface area contributed by atoms with Crippen LogP contribution in [0, 0.1) is 5.92 Å². The summed E-state index contributed by atoms with van der Waals surface area (Å²) in [5.41, 5.74) is 0.879. The Morgan fingerprint density at radius 2 is 2.23 bits per heavy atom. The van der Waals surface area contributed by atoms with Crippen molar-refractivity contribution in [3.05, 3.63) is 12.2 Å². The molecular formula is C9H16O3S. The smallest absolute Gasteiger partial charge is 0.153 e. The van der Waals surface area contributed by atoms with Crippen molar-refractivity contribution in [2.45, 2.75) is 25.0 Å². The molecule has 0 radical (unpaired) electrons. The number of hydrogen-bond donors (Lipinski definition) is 1. The normalized spacial score (nSPS) is 29.5. The fraction of sp³-hybridized carbons (Fsp3) is 0.778. The van der Waals surface area contributed by atoms with Crippen LogP contribution in [0.15, 0.2) is 12.2 Å². The Balaban J connectivity index is 2.74. The summed E-state index contributed by atoms with van der Waals surface area (Å²) in [6.45, 7) is 5.46. The molecule has 13 heavy (non-hydrogen) atoms. The number of aliphatic hydroxyl groups is 1. The number of rotatable bonds is 3. The van der Waals surface area contributed by atoms with E-state index in [4.69, 9.17) is 5.11 Å². The molecule has 1 fully saturated rings. The average Bonchev–Trinajstić information content (AvgIpc) is 2.47. The Morgan fingerprint density at radius 3 is 2.62 bits per heavy atom. The molecule has 0 spiro atoms. The van der Waals surface area contributed by atoms with Gasteiger partial charge in [0.15, 0.2) is 9.84 Å². The molecule has 0 aromatic carbocycles. The first-order valence-electron chi connectivity index (χ1n) is 4.51. The first-order valence-corrected chi connectivity index (χ1v) is 6.23. The van der Waals surface area contributed by atoms with Crippen LogP contribution in [0.5, 0.6) is 0 Å². The van der Waals surface area contributed by atoms with Crippen molar-refractivity contribution in [1.29, 1.82) is 0 Å². The summed E-state index contributed by atoms with van der Waals surface area (Å²) in [7, 11) is -2.95. The largest absolute Gasteiger partial charge is 0.396 e. The second kappa shape index (κ2) is 3.80. The highest BCUT2D eigenvalue weighted by atomic mass is 32.2. The Kier molecular flexibility index (Phi) is 3.14. The molecule has 1 aliphatic rings. The molecule has 3 nitrogen and oxygen atoms in total. The van der Waals surface area contributed by atoms with Crippen molar-refractivity contribution >= 4 is 9.84 Å². The van der Waals surface area contributed by atoms with E-state index in [-0.39, 0.29) is 23.5 Å². The van der Waals surface area contributed by atoms with Crippen LogP contribution in [0.1, 0.15) is 19.8 Å². The van der Waals surface area contributed by atoms with E-state index in [1.54, 1.807) is 6.92 Å². The molecule has 0 aliphatic heterocycles. The molecule has 0 unspecified atom stereocenters. The number of aliphatic hydroxyl groups excluding tert-OH is 1. The van der Waals surface area contributed by atoms with Crippen LogP contribution in [-0.2, 0) is 9.84 Å². The maximum absolute atomic E-state index is 11.5. The molecular weight excluding hydrogens is 188 g/mol. The SMILES string of the molecule is C=C1C[C@@H](S(=O)(=O)CC)C[C@H]1CO. The Labute approximate surface area is 79.4 Å². The van der Waals surface area contributed by atoms with Gasteiger partial charge < -0.3 is 5.11 Å². The third kappa shape index (κ3) is 2.11. The van der Waals surface area contributed by atoms with Crippen molar-refractivity contribution in [3.63, 3.8) is 0 Å². The fourth-order valence-corrected chi connectivity index (χ4v) is 3.20. The molecule has 1 N–H and O–H groups in total. The second-order valence-electron chi connectivity index (χ2n) is 3.55. The molecule has 0 bridgehead atoms. The summed E-state index contributed by atoms with van der Waals surface area (Å²) in [6, 6.07) is 0. The molecule has 76 valence electrons. The lowest BCUT2D eigenvalue weighted by Crippen LogP contribution is -2.20. The zero-order chi connectivity index (χ0) is 10.1. The lowest BCUT2D eigenvalue weighted by molar-refractivity contribution is 0.249. The van der Waals surface area contributed by atoms with Gasteiger partial charge in [-0.2, -0.15) is 0 Å². The van der Waals surface area contributed by atoms with Gasteiger partial charge in [0.25, 0.3) is 0 Å². The van der Waals surface area contributed by atoms with Gasteiger partial charge in [0.1, 0.15) is 0 Å². The van der Waals surface area contributed by atoms with Gasteiger partial charge in [-0.15, -0.1) is 0 Å². The van der Waals surface area contributed by atoms with Gasteiger partial charge in [-0.1, -0.05) is 19.1 Å². The fourth-order valence-electron chi connectivity index (χ4n) is 1.74. The van der Waals surface area contributed by atoms with E-state index < -0.39 is 9.84 Å². The van der Waals surface area contributed by atoms with E-state index in [2.05, 4.69) is 6.58 Å². The summed E-state index contributed by atoms with van der Waals surface area (Å²) in [5.74, 6) is 0.176. The van der Waals surface area contributed by atoms with Crippen LogP contribution in [0.3, 0.4) is 0 Å². The maximum atomic E-state index is 11.5. The Bertz CT molecular complexity index is 292. The molecule has 0 heterocycles. The Hall–Kier alpha value is -0.350. The number of hydrogen-bond acceptors (Lipinski definition) is 3. The first-order chi connectivity index (χ1) is 6.01. The van der Waals surface area contributed by atoms with E-state index in [0.29, 0.717) is 12.8 Å². The van der Waals surface area contributed by atoms with Gasteiger partial charge in [-0.05, 0) is 12.8 Å². The van der Waals surface area contributed by atoms with Gasteiger partial charge >= 0.3 is 0 Å². The minimum Gasteiger partial charge on any atom is -0.396 e. The van der Waals surface area contributed by atoms with Crippen LogP contribution in [0.25, 0.3) is 0 Å². The van der Waals surface area contributed by atoms with Crippen LogP contribution in [-0.4, -0.2) is 31.1 Å². The van der Waals surface area contributed by atoms with Gasteiger partial charge in [-0.25, -0.2) is 8.42 Å². The molecule has 1 rings (SSSR count). The van der Waals surface area contributed by atoms with Crippen LogP contribution in [0.4, 0.5) is 0 Å². The van der Waals surface area contributed by atoms with Gasteiger partial charge in [0.05, 0.1) is 5.25 Å². The van der Waals surface area contributed by atoms with Crippen molar-refractivity contribution in [1.82, 2.24) is 0 Å². The van der Waals surface area contributed by atoms with Gasteiger partial charge in [-0.3, -0.25) is 0 Å². The lowest BCUT2D eigenvalue weighted by atomic mass is 10.1. The van der Waals surface area contributed by atoms with Gasteiger partial charge in [0, 0.05) is 18.3 Å². The van der Waals surface area contributed by atoms with E-state index in [1.165, 1.54) is 0 Å². The third-order valence-corrected chi connectivity index (χ3v) is 4.92. The van der Waals surface area contributed by atoms with E-state index in [9.17, 15) is 8.42 Å². The molecule has 1 aliphatic carbocycles. The molecule has 0 saturated heterocycles. The quantitative estimate of drug-likeness (QED) is 0.690. The van der Waals surface area contributed by atoms with E-state index in [0.717, 1.165) is 5.57 Å². The van der Waals surface area contributed by atoms with Crippen LogP contribution >= 0.6 is 0 Å². The molecule has 1 saturated carbocycles. The van der Waals surface area contributed by atoms with Gasteiger partial charge in [0.2, 0.25) is 0 Å². The van der Waals surface area contributed by atoms with Crippen molar-refractivity contribution < 1.29 is 13.5 Å². The highest BCUT2D eigenvalue weighted by molar-refractivity contribution is 7.92. The highest BCUT2D eigenvalue weighted by Crippen LogP contribution is 2.34. The Morgan fingerprint density at radius 1 is 1.62 bits per heavy atom. The first kappa shape index (κ1) is 10.7.